The molecule has 144 valence electrons. The molecular formula is C20H14N4O5. The van der Waals surface area contributed by atoms with Gasteiger partial charge < -0.3 is 24.6 Å². The number of nitrogens with zero attached hydrogens (tertiary/aromatic N) is 2. The molecule has 2 heterocycles. The summed E-state index contributed by atoms with van der Waals surface area (Å²) in [5, 5.41) is 18.8. The van der Waals surface area contributed by atoms with Gasteiger partial charge in [0.15, 0.2) is 11.5 Å². The number of aromatic amines is 1. The molecule has 0 aliphatic carbocycles. The summed E-state index contributed by atoms with van der Waals surface area (Å²) in [7, 11) is 0. The second-order valence-electron chi connectivity index (χ2n) is 5.68. The summed E-state index contributed by atoms with van der Waals surface area (Å²) >= 11 is 0. The summed E-state index contributed by atoms with van der Waals surface area (Å²) in [5.41, 5.74) is 5.11. The first-order chi connectivity index (χ1) is 14.0. The Morgan fingerprint density at radius 3 is 2.59 bits per heavy atom. The predicted octanol–water partition coefficient (Wildman–Crippen LogP) is 2.58. The number of H-pyrrole nitrogens is 1. The van der Waals surface area contributed by atoms with Gasteiger partial charge >= 0.3 is 5.97 Å². The molecule has 0 amide bonds. The fourth-order valence-corrected chi connectivity index (χ4v) is 2.69. The first-order valence-corrected chi connectivity index (χ1v) is 8.39. The van der Waals surface area contributed by atoms with Crippen LogP contribution in [0.15, 0.2) is 45.8 Å². The molecule has 0 fully saturated rings. The van der Waals surface area contributed by atoms with Crippen LogP contribution in [-0.4, -0.2) is 17.6 Å². The Kier molecular flexibility index (Phi) is 5.33. The predicted molar refractivity (Wildman–Crippen MR) is 101 cm³/mol. The Balaban J connectivity index is 2.13. The van der Waals surface area contributed by atoms with Crippen LogP contribution in [-0.2, 0) is 0 Å². The Labute approximate surface area is 164 Å². The van der Waals surface area contributed by atoms with Crippen LogP contribution >= 0.6 is 0 Å². The van der Waals surface area contributed by atoms with Crippen LogP contribution in [0.25, 0.3) is 11.1 Å². The highest BCUT2D eigenvalue weighted by molar-refractivity contribution is 5.89. The number of nitrogens with one attached hydrogen (secondary N) is 1. The molecule has 3 N–H and O–H groups in total. The van der Waals surface area contributed by atoms with E-state index in [9.17, 15) is 20.1 Å². The molecule has 0 spiro atoms. The second-order valence-corrected chi connectivity index (χ2v) is 5.68. The summed E-state index contributed by atoms with van der Waals surface area (Å²) in [6.07, 6.45) is 1.34. The molecule has 3 aromatic rings. The Morgan fingerprint density at radius 2 is 1.97 bits per heavy atom. The van der Waals surface area contributed by atoms with Crippen LogP contribution in [0.2, 0.25) is 0 Å². The van der Waals surface area contributed by atoms with Crippen molar-refractivity contribution in [2.75, 3.05) is 12.3 Å². The molecule has 0 saturated carbocycles. The molecular weight excluding hydrogens is 376 g/mol. The molecule has 1 aromatic carbocycles. The van der Waals surface area contributed by atoms with E-state index in [1.165, 1.54) is 30.5 Å². The minimum Gasteiger partial charge on any atom is -0.490 e. The third-order valence-electron chi connectivity index (χ3n) is 3.93. The average Bonchev–Trinajstić information content (AvgIpc) is 3.24. The van der Waals surface area contributed by atoms with Crippen molar-refractivity contribution < 1.29 is 18.7 Å². The number of furan rings is 1. The molecule has 2 aromatic heterocycles. The molecule has 29 heavy (non-hydrogen) atoms. The van der Waals surface area contributed by atoms with Crippen molar-refractivity contribution in [3.8, 4) is 34.8 Å². The van der Waals surface area contributed by atoms with Gasteiger partial charge in [0, 0.05) is 5.56 Å². The molecule has 0 unspecified atom stereocenters. The van der Waals surface area contributed by atoms with E-state index in [0.717, 1.165) is 0 Å². The molecule has 9 heteroatoms. The number of hydrogen-bond acceptors (Lipinski definition) is 8. The number of nitrogens with two attached hydrogens (primary N) is 1. The summed E-state index contributed by atoms with van der Waals surface area (Å²) in [6, 6.07) is 11.1. The number of esters is 1. The lowest BCUT2D eigenvalue weighted by Crippen LogP contribution is -2.16. The highest BCUT2D eigenvalue weighted by atomic mass is 16.6. The Bertz CT molecular complexity index is 1210. The fourth-order valence-electron chi connectivity index (χ4n) is 2.69. The number of hydrogen-bond donors (Lipinski definition) is 2. The Hall–Kier alpha value is -4.50. The number of anilines is 1. The number of carbonyl (C=O) groups is 1. The number of benzene rings is 1. The number of carbonyl (C=O) groups excluding carboxylic acids is 1. The number of nitrogen functional groups attached to an aromatic ring is 1. The van der Waals surface area contributed by atoms with Crippen LogP contribution in [0, 0.1) is 22.7 Å². The summed E-state index contributed by atoms with van der Waals surface area (Å²) in [5.74, 6) is -0.585. The quantitative estimate of drug-likeness (QED) is 0.497. The van der Waals surface area contributed by atoms with Crippen molar-refractivity contribution in [2.24, 2.45) is 0 Å². The van der Waals surface area contributed by atoms with E-state index in [-0.39, 0.29) is 46.4 Å². The van der Waals surface area contributed by atoms with E-state index in [4.69, 9.17) is 19.6 Å². The number of pyridine rings is 1. The zero-order chi connectivity index (χ0) is 21.0. The zero-order valence-corrected chi connectivity index (χ0v) is 15.2. The molecule has 0 aliphatic heterocycles. The van der Waals surface area contributed by atoms with Crippen LogP contribution in [0.3, 0.4) is 0 Å². The van der Waals surface area contributed by atoms with Crippen LogP contribution in [0.4, 0.5) is 5.82 Å². The van der Waals surface area contributed by atoms with Crippen molar-refractivity contribution in [1.82, 2.24) is 4.98 Å². The van der Waals surface area contributed by atoms with Crippen molar-refractivity contribution in [1.29, 1.82) is 10.5 Å². The lowest BCUT2D eigenvalue weighted by Gasteiger charge is -2.14. The van der Waals surface area contributed by atoms with Crippen molar-refractivity contribution in [2.45, 2.75) is 6.92 Å². The van der Waals surface area contributed by atoms with Gasteiger partial charge in [-0.3, -0.25) is 4.79 Å². The van der Waals surface area contributed by atoms with Gasteiger partial charge in [0.2, 0.25) is 5.76 Å². The van der Waals surface area contributed by atoms with E-state index in [1.807, 2.05) is 6.07 Å². The lowest BCUT2D eigenvalue weighted by atomic mass is 9.96. The SMILES string of the molecule is CCOc1cc(-c2c(C#N)c(N)[nH]c(=O)c2C#N)ccc1OC(=O)c1ccco1. The maximum absolute atomic E-state index is 12.2. The third-order valence-corrected chi connectivity index (χ3v) is 3.93. The second kappa shape index (κ2) is 8.03. The van der Waals surface area contributed by atoms with E-state index < -0.39 is 11.5 Å². The van der Waals surface area contributed by atoms with E-state index in [0.29, 0.717) is 5.56 Å². The molecule has 0 atom stereocenters. The Morgan fingerprint density at radius 1 is 1.21 bits per heavy atom. The number of ether oxygens (including phenoxy) is 2. The summed E-state index contributed by atoms with van der Waals surface area (Å²) in [6.45, 7) is 1.99. The van der Waals surface area contributed by atoms with Gasteiger partial charge in [0.1, 0.15) is 29.1 Å². The number of nitriles is 2. The van der Waals surface area contributed by atoms with E-state index in [1.54, 1.807) is 19.1 Å². The smallest absolute Gasteiger partial charge is 0.379 e. The van der Waals surface area contributed by atoms with Crippen molar-refractivity contribution in [3.63, 3.8) is 0 Å². The van der Waals surface area contributed by atoms with Gasteiger partial charge in [0.25, 0.3) is 5.56 Å². The molecule has 0 bridgehead atoms. The van der Waals surface area contributed by atoms with Gasteiger partial charge in [-0.15, -0.1) is 0 Å². The molecule has 3 rings (SSSR count). The first kappa shape index (κ1) is 19.3. The highest BCUT2D eigenvalue weighted by Gasteiger charge is 2.21. The molecule has 0 saturated heterocycles. The van der Waals surface area contributed by atoms with Gasteiger partial charge in [-0.2, -0.15) is 10.5 Å². The van der Waals surface area contributed by atoms with Gasteiger partial charge in [-0.1, -0.05) is 6.07 Å². The average molecular weight is 390 g/mol. The van der Waals surface area contributed by atoms with Crippen LogP contribution < -0.4 is 20.8 Å². The maximum atomic E-state index is 12.2. The zero-order valence-electron chi connectivity index (χ0n) is 15.2. The topological polar surface area (TPSA) is 155 Å². The minimum atomic E-state index is -0.723. The lowest BCUT2D eigenvalue weighted by molar-refractivity contribution is 0.0695. The van der Waals surface area contributed by atoms with E-state index in [2.05, 4.69) is 4.98 Å². The maximum Gasteiger partial charge on any atom is 0.379 e. The molecule has 0 aliphatic rings. The largest absolute Gasteiger partial charge is 0.490 e. The van der Waals surface area contributed by atoms with Crippen LogP contribution in [0.1, 0.15) is 28.6 Å². The third kappa shape index (κ3) is 3.66. The summed E-state index contributed by atoms with van der Waals surface area (Å²) in [4.78, 5) is 26.5. The standard InChI is InChI=1S/C20H14N4O5/c1-2-27-16-8-11(5-6-14(16)29-20(26)15-4-3-7-28-15)17-12(9-21)18(23)24-19(25)13(17)10-22/h3-8H,2H2,1H3,(H3,23,24,25). The summed E-state index contributed by atoms with van der Waals surface area (Å²) < 4.78 is 15.9. The van der Waals surface area contributed by atoms with Crippen LogP contribution in [0.5, 0.6) is 11.5 Å². The van der Waals surface area contributed by atoms with E-state index >= 15 is 0 Å². The molecule has 0 radical (unpaired) electrons. The fraction of sp³-hybridized carbons (Fsp3) is 0.100. The van der Waals surface area contributed by atoms with Gasteiger partial charge in [-0.25, -0.2) is 4.79 Å². The number of rotatable bonds is 5. The van der Waals surface area contributed by atoms with Crippen molar-refractivity contribution in [3.05, 3.63) is 63.8 Å². The first-order valence-electron chi connectivity index (χ1n) is 8.39. The van der Waals surface area contributed by atoms with Gasteiger partial charge in [-0.05, 0) is 36.8 Å². The number of aromatic nitrogens is 1. The molecule has 9 nitrogen and oxygen atoms in total. The minimum absolute atomic E-state index is 0.0115. The van der Waals surface area contributed by atoms with Crippen molar-refractivity contribution >= 4 is 11.8 Å². The normalized spacial score (nSPS) is 10.0. The monoisotopic (exact) mass is 390 g/mol. The highest BCUT2D eigenvalue weighted by Crippen LogP contribution is 2.36. The van der Waals surface area contributed by atoms with Gasteiger partial charge in [0.05, 0.1) is 12.9 Å².